The number of carbonyl (C=O) groups is 2. The Balaban J connectivity index is 1.59. The molecule has 39 heavy (non-hydrogen) atoms. The van der Waals surface area contributed by atoms with Crippen LogP contribution in [0.2, 0.25) is 0 Å². The topological polar surface area (TPSA) is 79.3 Å². The number of hydrogen-bond donors (Lipinski definition) is 2. The predicted molar refractivity (Wildman–Crippen MR) is 148 cm³/mol. The maximum absolute atomic E-state index is 13.7. The van der Waals surface area contributed by atoms with Gasteiger partial charge in [0.05, 0.1) is 11.4 Å². The van der Waals surface area contributed by atoms with E-state index in [0.717, 1.165) is 34.6 Å². The van der Waals surface area contributed by atoms with Crippen LogP contribution in [0.1, 0.15) is 37.6 Å². The number of nitrogens with one attached hydrogen (secondary N) is 2. The molecule has 0 saturated carbocycles. The molecule has 3 aromatic carbocycles. The van der Waals surface area contributed by atoms with Gasteiger partial charge in [0.25, 0.3) is 0 Å². The summed E-state index contributed by atoms with van der Waals surface area (Å²) in [4.78, 5) is 27.8. The van der Waals surface area contributed by atoms with Crippen molar-refractivity contribution in [1.29, 1.82) is 0 Å². The average Bonchev–Trinajstić information content (AvgIpc) is 3.31. The molecule has 202 valence electrons. The van der Waals surface area contributed by atoms with Gasteiger partial charge in [-0.1, -0.05) is 63.2 Å². The number of rotatable bonds is 7. The van der Waals surface area contributed by atoms with Crippen molar-refractivity contribution in [3.05, 3.63) is 107 Å². The molecular weight excluding hydrogens is 500 g/mol. The van der Waals surface area contributed by atoms with Gasteiger partial charge in [-0.05, 0) is 42.3 Å². The number of aromatic nitrogens is 2. The lowest BCUT2D eigenvalue weighted by molar-refractivity contribution is -0.116. The molecule has 0 radical (unpaired) electrons. The summed E-state index contributed by atoms with van der Waals surface area (Å²) in [5.41, 5.74) is 3.23. The van der Waals surface area contributed by atoms with Crippen molar-refractivity contribution < 1.29 is 18.4 Å². The molecule has 0 atom stereocenters. The maximum Gasteiger partial charge on any atom is 0.322 e. The number of anilines is 2. The number of carbonyl (C=O) groups excluding carboxylic acids is 2. The van der Waals surface area contributed by atoms with Gasteiger partial charge in [0.1, 0.15) is 12.4 Å². The Hall–Kier alpha value is -4.53. The summed E-state index contributed by atoms with van der Waals surface area (Å²) in [5.74, 6) is -2.08. The first-order valence-corrected chi connectivity index (χ1v) is 12.5. The van der Waals surface area contributed by atoms with Gasteiger partial charge in [-0.15, -0.1) is 0 Å². The first kappa shape index (κ1) is 27.5. The second kappa shape index (κ2) is 11.5. The molecule has 1 aromatic heterocycles. The lowest BCUT2D eigenvalue weighted by Crippen LogP contribution is -2.40. The van der Waals surface area contributed by atoms with Gasteiger partial charge >= 0.3 is 6.03 Å². The van der Waals surface area contributed by atoms with Gasteiger partial charge < -0.3 is 15.5 Å². The van der Waals surface area contributed by atoms with Crippen LogP contribution >= 0.6 is 0 Å². The van der Waals surface area contributed by atoms with E-state index in [-0.39, 0.29) is 24.2 Å². The molecule has 1 heterocycles. The molecule has 0 unspecified atom stereocenters. The second-order valence-electron chi connectivity index (χ2n) is 10.4. The highest BCUT2D eigenvalue weighted by Gasteiger charge is 2.23. The van der Waals surface area contributed by atoms with Crippen LogP contribution in [0.25, 0.3) is 5.69 Å². The number of hydrogen-bond acceptors (Lipinski definition) is 3. The Morgan fingerprint density at radius 3 is 2.31 bits per heavy atom. The molecule has 0 aliphatic carbocycles. The summed E-state index contributed by atoms with van der Waals surface area (Å²) >= 11 is 0. The lowest BCUT2D eigenvalue weighted by atomic mass is 9.92. The minimum Gasteiger partial charge on any atom is -0.311 e. The van der Waals surface area contributed by atoms with Crippen LogP contribution < -0.4 is 10.6 Å². The first-order valence-electron chi connectivity index (χ1n) is 12.5. The maximum atomic E-state index is 13.7. The SMILES string of the molecule is Cc1cccc(-n2nc(C(C)(C)C)cc2NC(=O)CN(Cc2ccccc2)C(=O)Nc2ccc(F)c(F)c2)c1. The van der Waals surface area contributed by atoms with Crippen LogP contribution in [-0.2, 0) is 16.8 Å². The van der Waals surface area contributed by atoms with E-state index in [1.165, 1.54) is 11.0 Å². The van der Waals surface area contributed by atoms with Crippen LogP contribution in [0.15, 0.2) is 78.9 Å². The number of halogens is 2. The van der Waals surface area contributed by atoms with Crippen molar-refractivity contribution in [2.45, 2.75) is 39.7 Å². The van der Waals surface area contributed by atoms with E-state index >= 15 is 0 Å². The number of nitrogens with zero attached hydrogens (tertiary/aromatic N) is 3. The van der Waals surface area contributed by atoms with Gasteiger partial charge in [0.2, 0.25) is 5.91 Å². The van der Waals surface area contributed by atoms with Gasteiger partial charge in [0.15, 0.2) is 11.6 Å². The Morgan fingerprint density at radius 1 is 0.897 bits per heavy atom. The van der Waals surface area contributed by atoms with E-state index in [1.54, 1.807) is 4.68 Å². The third-order valence-corrected chi connectivity index (χ3v) is 6.00. The minimum absolute atomic E-state index is 0.0738. The number of urea groups is 1. The molecule has 3 amide bonds. The number of amides is 3. The van der Waals surface area contributed by atoms with Crippen LogP contribution in [0.4, 0.5) is 25.1 Å². The van der Waals surface area contributed by atoms with Crippen LogP contribution in [0.3, 0.4) is 0 Å². The molecule has 4 aromatic rings. The number of aryl methyl sites for hydroxylation is 1. The minimum atomic E-state index is -1.08. The molecule has 9 heteroatoms. The Bertz CT molecular complexity index is 1480. The molecule has 2 N–H and O–H groups in total. The zero-order valence-corrected chi connectivity index (χ0v) is 22.3. The second-order valence-corrected chi connectivity index (χ2v) is 10.4. The fourth-order valence-electron chi connectivity index (χ4n) is 3.93. The fraction of sp³-hybridized carbons (Fsp3) is 0.233. The van der Waals surface area contributed by atoms with Crippen LogP contribution in [-0.4, -0.2) is 33.2 Å². The van der Waals surface area contributed by atoms with Crippen molar-refractivity contribution in [3.8, 4) is 5.69 Å². The van der Waals surface area contributed by atoms with Gasteiger partial charge in [-0.3, -0.25) is 4.79 Å². The van der Waals surface area contributed by atoms with Crippen molar-refractivity contribution in [1.82, 2.24) is 14.7 Å². The van der Waals surface area contributed by atoms with E-state index in [1.807, 2.05) is 88.4 Å². The lowest BCUT2D eigenvalue weighted by Gasteiger charge is -2.23. The van der Waals surface area contributed by atoms with E-state index in [9.17, 15) is 18.4 Å². The highest BCUT2D eigenvalue weighted by atomic mass is 19.2. The zero-order valence-electron chi connectivity index (χ0n) is 22.3. The third-order valence-electron chi connectivity index (χ3n) is 6.00. The molecule has 7 nitrogen and oxygen atoms in total. The largest absolute Gasteiger partial charge is 0.322 e. The van der Waals surface area contributed by atoms with Crippen LogP contribution in [0.5, 0.6) is 0 Å². The highest BCUT2D eigenvalue weighted by Crippen LogP contribution is 2.27. The van der Waals surface area contributed by atoms with E-state index in [0.29, 0.717) is 5.82 Å². The molecule has 0 aliphatic heterocycles. The third kappa shape index (κ3) is 7.07. The molecule has 0 aliphatic rings. The molecular formula is C30H31F2N5O2. The molecule has 0 fully saturated rings. The summed E-state index contributed by atoms with van der Waals surface area (Å²) < 4.78 is 28.7. The number of benzene rings is 3. The Morgan fingerprint density at radius 2 is 1.64 bits per heavy atom. The van der Waals surface area contributed by atoms with E-state index in [4.69, 9.17) is 5.10 Å². The van der Waals surface area contributed by atoms with Crippen molar-refractivity contribution in [2.24, 2.45) is 0 Å². The van der Waals surface area contributed by atoms with E-state index < -0.39 is 23.6 Å². The van der Waals surface area contributed by atoms with Crippen molar-refractivity contribution in [3.63, 3.8) is 0 Å². The van der Waals surface area contributed by atoms with Gasteiger partial charge in [-0.2, -0.15) is 5.10 Å². The molecule has 0 spiro atoms. The molecule has 0 bridgehead atoms. The smallest absolute Gasteiger partial charge is 0.311 e. The summed E-state index contributed by atoms with van der Waals surface area (Å²) in [7, 11) is 0. The quantitative estimate of drug-likeness (QED) is 0.289. The standard InChI is InChI=1S/C30H31F2N5O2/c1-20-9-8-12-23(15-20)37-27(17-26(35-37)30(2,3)4)34-28(38)19-36(18-21-10-6-5-7-11-21)29(39)33-22-13-14-24(31)25(32)16-22/h5-17H,18-19H2,1-4H3,(H,33,39)(H,34,38). The van der Waals surface area contributed by atoms with Crippen LogP contribution in [0, 0.1) is 18.6 Å². The summed E-state index contributed by atoms with van der Waals surface area (Å²) in [6.07, 6.45) is 0. The Kier molecular flexibility index (Phi) is 8.09. The summed E-state index contributed by atoms with van der Waals surface area (Å²) in [6, 6.07) is 21.2. The first-order chi connectivity index (χ1) is 18.5. The average molecular weight is 532 g/mol. The fourth-order valence-corrected chi connectivity index (χ4v) is 3.93. The summed E-state index contributed by atoms with van der Waals surface area (Å²) in [5, 5.41) is 10.2. The normalized spacial score (nSPS) is 11.2. The highest BCUT2D eigenvalue weighted by molar-refractivity contribution is 5.96. The van der Waals surface area contributed by atoms with Crippen molar-refractivity contribution >= 4 is 23.4 Å². The summed E-state index contributed by atoms with van der Waals surface area (Å²) in [6.45, 7) is 7.90. The van der Waals surface area contributed by atoms with Gasteiger partial charge in [-0.25, -0.2) is 18.3 Å². The van der Waals surface area contributed by atoms with Crippen molar-refractivity contribution in [2.75, 3.05) is 17.2 Å². The zero-order chi connectivity index (χ0) is 28.2. The monoisotopic (exact) mass is 531 g/mol. The molecule has 4 rings (SSSR count). The predicted octanol–water partition coefficient (Wildman–Crippen LogP) is 6.43. The Labute approximate surface area is 226 Å². The molecule has 0 saturated heterocycles. The van der Waals surface area contributed by atoms with E-state index in [2.05, 4.69) is 10.6 Å². The van der Waals surface area contributed by atoms with Gasteiger partial charge in [0, 0.05) is 29.8 Å².